The fourth-order valence-corrected chi connectivity index (χ4v) is 2.36. The smallest absolute Gasteiger partial charge is 0.308 e. The Morgan fingerprint density at radius 2 is 2.21 bits per heavy atom. The van der Waals surface area contributed by atoms with E-state index in [4.69, 9.17) is 9.57 Å². The molecule has 0 spiro atoms. The molecule has 0 aliphatic carbocycles. The van der Waals surface area contributed by atoms with E-state index < -0.39 is 11.9 Å². The van der Waals surface area contributed by atoms with Crippen LogP contribution in [0.3, 0.4) is 0 Å². The molecule has 1 fully saturated rings. The van der Waals surface area contributed by atoms with Gasteiger partial charge in [-0.15, -0.1) is 0 Å². The summed E-state index contributed by atoms with van der Waals surface area (Å²) in [7, 11) is 0. The standard InChI is InChI=1S/C14H27NO4/c1-4-12(11(14(16)17)9-10(2)3)15-19-13-7-5-6-8-18-13/h10-13,15H,4-9H2,1-3H3,(H,16,17)/t11-,12-,13?/m1/s1. The summed E-state index contributed by atoms with van der Waals surface area (Å²) in [6.45, 7) is 6.76. The number of carboxylic acids is 1. The van der Waals surface area contributed by atoms with Crippen LogP contribution in [0, 0.1) is 11.8 Å². The molecule has 0 aromatic heterocycles. The summed E-state index contributed by atoms with van der Waals surface area (Å²) in [5.74, 6) is -0.835. The molecule has 1 heterocycles. The fraction of sp³-hybridized carbons (Fsp3) is 0.929. The zero-order valence-corrected chi connectivity index (χ0v) is 12.2. The molecule has 0 aromatic carbocycles. The molecule has 1 saturated heterocycles. The van der Waals surface area contributed by atoms with Gasteiger partial charge in [-0.1, -0.05) is 20.8 Å². The zero-order chi connectivity index (χ0) is 14.3. The molecule has 0 saturated carbocycles. The van der Waals surface area contributed by atoms with E-state index in [1.807, 2.05) is 20.8 Å². The largest absolute Gasteiger partial charge is 0.481 e. The van der Waals surface area contributed by atoms with Crippen molar-refractivity contribution in [3.8, 4) is 0 Å². The molecule has 2 N–H and O–H groups in total. The lowest BCUT2D eigenvalue weighted by Gasteiger charge is -2.28. The molecule has 112 valence electrons. The van der Waals surface area contributed by atoms with E-state index >= 15 is 0 Å². The van der Waals surface area contributed by atoms with Crippen molar-refractivity contribution in [2.75, 3.05) is 6.61 Å². The summed E-state index contributed by atoms with van der Waals surface area (Å²) < 4.78 is 5.46. The third-order valence-corrected chi connectivity index (χ3v) is 3.46. The third-order valence-electron chi connectivity index (χ3n) is 3.46. The van der Waals surface area contributed by atoms with E-state index in [9.17, 15) is 9.90 Å². The molecule has 5 nitrogen and oxygen atoms in total. The predicted molar refractivity (Wildman–Crippen MR) is 72.5 cm³/mol. The van der Waals surface area contributed by atoms with Crippen molar-refractivity contribution in [2.45, 2.75) is 65.2 Å². The number of carbonyl (C=O) groups is 1. The summed E-state index contributed by atoms with van der Waals surface area (Å²) >= 11 is 0. The van der Waals surface area contributed by atoms with Crippen LogP contribution < -0.4 is 5.48 Å². The molecule has 5 heteroatoms. The Morgan fingerprint density at radius 3 is 2.68 bits per heavy atom. The number of nitrogens with one attached hydrogen (secondary N) is 1. The van der Waals surface area contributed by atoms with Crippen LogP contribution in [0.15, 0.2) is 0 Å². The minimum absolute atomic E-state index is 0.176. The Balaban J connectivity index is 2.46. The van der Waals surface area contributed by atoms with E-state index in [1.165, 1.54) is 0 Å². The monoisotopic (exact) mass is 273 g/mol. The molecule has 1 aliphatic rings. The number of rotatable bonds is 8. The van der Waals surface area contributed by atoms with E-state index in [0.29, 0.717) is 12.3 Å². The summed E-state index contributed by atoms with van der Waals surface area (Å²) in [6, 6.07) is -0.176. The maximum absolute atomic E-state index is 11.4. The summed E-state index contributed by atoms with van der Waals surface area (Å²) in [6.07, 6.45) is 4.16. The van der Waals surface area contributed by atoms with Crippen molar-refractivity contribution < 1.29 is 19.5 Å². The number of carboxylic acid groups (broad SMARTS) is 1. The number of hydrogen-bond acceptors (Lipinski definition) is 4. The average Bonchev–Trinajstić information content (AvgIpc) is 2.38. The van der Waals surface area contributed by atoms with E-state index in [0.717, 1.165) is 32.3 Å². The molecule has 1 rings (SSSR count). The van der Waals surface area contributed by atoms with Gasteiger partial charge in [0, 0.05) is 19.1 Å². The molecule has 0 aromatic rings. The van der Waals surface area contributed by atoms with Crippen LogP contribution in [0.2, 0.25) is 0 Å². The Hall–Kier alpha value is -0.650. The lowest BCUT2D eigenvalue weighted by molar-refractivity contribution is -0.208. The first-order valence-corrected chi connectivity index (χ1v) is 7.30. The topological polar surface area (TPSA) is 67.8 Å². The highest BCUT2D eigenvalue weighted by atomic mass is 16.8. The molecular formula is C14H27NO4. The molecule has 19 heavy (non-hydrogen) atoms. The summed E-state index contributed by atoms with van der Waals surface area (Å²) in [5.41, 5.74) is 2.92. The highest BCUT2D eigenvalue weighted by Gasteiger charge is 2.28. The molecule has 3 atom stereocenters. The van der Waals surface area contributed by atoms with Crippen molar-refractivity contribution in [3.05, 3.63) is 0 Å². The van der Waals surface area contributed by atoms with Crippen molar-refractivity contribution in [1.29, 1.82) is 0 Å². The number of aliphatic carboxylic acids is 1. The molecule has 0 amide bonds. The highest BCUT2D eigenvalue weighted by Crippen LogP contribution is 2.19. The molecular weight excluding hydrogens is 246 g/mol. The Labute approximate surface area is 115 Å². The first-order chi connectivity index (χ1) is 9.04. The molecule has 0 bridgehead atoms. The fourth-order valence-electron chi connectivity index (χ4n) is 2.36. The second kappa shape index (κ2) is 8.51. The van der Waals surface area contributed by atoms with Crippen molar-refractivity contribution >= 4 is 5.97 Å². The second-order valence-corrected chi connectivity index (χ2v) is 5.62. The second-order valence-electron chi connectivity index (χ2n) is 5.62. The summed E-state index contributed by atoms with van der Waals surface area (Å²) in [4.78, 5) is 16.9. The van der Waals surface area contributed by atoms with Crippen molar-refractivity contribution in [2.24, 2.45) is 11.8 Å². The van der Waals surface area contributed by atoms with Crippen molar-refractivity contribution in [3.63, 3.8) is 0 Å². The van der Waals surface area contributed by atoms with Crippen LogP contribution in [0.4, 0.5) is 0 Å². The lowest BCUT2D eigenvalue weighted by atomic mass is 9.89. The van der Waals surface area contributed by atoms with Crippen LogP contribution in [0.25, 0.3) is 0 Å². The van der Waals surface area contributed by atoms with Gasteiger partial charge in [-0.05, 0) is 31.6 Å². The Kier molecular flexibility index (Phi) is 7.34. The molecule has 0 radical (unpaired) electrons. The van der Waals surface area contributed by atoms with Crippen LogP contribution >= 0.6 is 0 Å². The van der Waals surface area contributed by atoms with Gasteiger partial charge in [0.05, 0.1) is 5.92 Å². The average molecular weight is 273 g/mol. The van der Waals surface area contributed by atoms with E-state index in [-0.39, 0.29) is 12.3 Å². The number of hydrogen-bond donors (Lipinski definition) is 2. The predicted octanol–water partition coefficient (Wildman–Crippen LogP) is 2.56. The Morgan fingerprint density at radius 1 is 1.47 bits per heavy atom. The van der Waals surface area contributed by atoms with Gasteiger partial charge in [0.2, 0.25) is 0 Å². The van der Waals surface area contributed by atoms with E-state index in [1.54, 1.807) is 0 Å². The minimum Gasteiger partial charge on any atom is -0.481 e. The minimum atomic E-state index is -0.763. The number of ether oxygens (including phenoxy) is 1. The number of hydroxylamine groups is 1. The van der Waals surface area contributed by atoms with Gasteiger partial charge in [0.15, 0.2) is 6.29 Å². The van der Waals surface area contributed by atoms with Crippen LogP contribution in [-0.2, 0) is 14.4 Å². The van der Waals surface area contributed by atoms with Gasteiger partial charge >= 0.3 is 5.97 Å². The SMILES string of the molecule is CC[C@@H](NOC1CCCCO1)[C@@H](CC(C)C)C(=O)O. The van der Waals surface area contributed by atoms with Gasteiger partial charge in [-0.25, -0.2) is 0 Å². The van der Waals surface area contributed by atoms with Crippen LogP contribution in [0.5, 0.6) is 0 Å². The highest BCUT2D eigenvalue weighted by molar-refractivity contribution is 5.70. The van der Waals surface area contributed by atoms with Gasteiger partial charge in [0.25, 0.3) is 0 Å². The zero-order valence-electron chi connectivity index (χ0n) is 12.2. The van der Waals surface area contributed by atoms with Crippen molar-refractivity contribution in [1.82, 2.24) is 5.48 Å². The maximum atomic E-state index is 11.4. The van der Waals surface area contributed by atoms with Crippen LogP contribution in [0.1, 0.15) is 52.9 Å². The van der Waals surface area contributed by atoms with E-state index in [2.05, 4.69) is 5.48 Å². The molecule has 1 unspecified atom stereocenters. The lowest BCUT2D eigenvalue weighted by Crippen LogP contribution is -2.43. The van der Waals surface area contributed by atoms with Gasteiger partial charge in [-0.2, -0.15) is 5.48 Å². The molecule has 1 aliphatic heterocycles. The first-order valence-electron chi connectivity index (χ1n) is 7.30. The Bertz CT molecular complexity index is 264. The van der Waals surface area contributed by atoms with Crippen LogP contribution in [-0.4, -0.2) is 30.0 Å². The maximum Gasteiger partial charge on any atom is 0.308 e. The third kappa shape index (κ3) is 5.89. The normalized spacial score (nSPS) is 23.3. The first kappa shape index (κ1) is 16.4. The van der Waals surface area contributed by atoms with Gasteiger partial charge < -0.3 is 9.84 Å². The summed E-state index contributed by atoms with van der Waals surface area (Å²) in [5, 5.41) is 9.33. The quantitative estimate of drug-likeness (QED) is 0.665. The van der Waals surface area contributed by atoms with Gasteiger partial charge in [-0.3, -0.25) is 9.63 Å². The van der Waals surface area contributed by atoms with Gasteiger partial charge in [0.1, 0.15) is 0 Å².